The molecule has 4 heteroatoms. The Labute approximate surface area is 56.5 Å². The number of rotatable bonds is 4. The van der Waals surface area contributed by atoms with Crippen LogP contribution in [0.2, 0.25) is 0 Å². The van der Waals surface area contributed by atoms with E-state index in [2.05, 4.69) is 26.1 Å². The number of hydrogen-bond acceptors (Lipinski definition) is 3. The molecule has 0 heterocycles. The van der Waals surface area contributed by atoms with E-state index in [1.807, 2.05) is 6.92 Å². The number of halogens is 1. The fraction of sp³-hybridized carbons (Fsp3) is 1.00. The molecule has 0 saturated carbocycles. The summed E-state index contributed by atoms with van der Waals surface area (Å²) in [5.41, 5.74) is 0. The van der Waals surface area contributed by atoms with Crippen LogP contribution < -0.4 is 0 Å². The van der Waals surface area contributed by atoms with Crippen LogP contribution in [-0.4, -0.2) is 5.01 Å². The number of nitrogens with zero attached hydrogens (tertiary/aromatic N) is 1. The Morgan fingerprint density at radius 1 is 1.88 bits per heavy atom. The van der Waals surface area contributed by atoms with Crippen LogP contribution in [0.15, 0.2) is 5.34 Å². The Morgan fingerprint density at radius 2 is 2.50 bits per heavy atom. The molecular formula is C4H8BrNO2. The van der Waals surface area contributed by atoms with Gasteiger partial charge in [0.05, 0.1) is 0 Å². The summed E-state index contributed by atoms with van der Waals surface area (Å²) in [6.07, 6.45) is 1.79. The molecule has 0 aromatic rings. The maximum Gasteiger partial charge on any atom is 0.184 e. The van der Waals surface area contributed by atoms with Crippen LogP contribution in [0.1, 0.15) is 19.8 Å². The highest BCUT2D eigenvalue weighted by Crippen LogP contribution is 2.08. The lowest BCUT2D eigenvalue weighted by Crippen LogP contribution is -1.96. The summed E-state index contributed by atoms with van der Waals surface area (Å²) < 4.78 is 0. The van der Waals surface area contributed by atoms with Gasteiger partial charge in [0.2, 0.25) is 0 Å². The molecule has 0 spiro atoms. The molecule has 8 heavy (non-hydrogen) atoms. The van der Waals surface area contributed by atoms with Crippen molar-refractivity contribution in [3.8, 4) is 0 Å². The highest BCUT2D eigenvalue weighted by atomic mass is 79.9. The summed E-state index contributed by atoms with van der Waals surface area (Å²) in [5.74, 6) is 0. The molecule has 3 nitrogen and oxygen atoms in total. The second-order valence-electron chi connectivity index (χ2n) is 1.38. The van der Waals surface area contributed by atoms with Crippen molar-refractivity contribution >= 4 is 15.9 Å². The molecule has 48 valence electrons. The van der Waals surface area contributed by atoms with Crippen LogP contribution in [0.3, 0.4) is 0 Å². The van der Waals surface area contributed by atoms with E-state index in [0.717, 1.165) is 12.8 Å². The maximum absolute atomic E-state index is 9.39. The molecule has 0 aromatic heterocycles. The zero-order valence-corrected chi connectivity index (χ0v) is 6.22. The lowest BCUT2D eigenvalue weighted by Gasteiger charge is -1.99. The van der Waals surface area contributed by atoms with Crippen molar-refractivity contribution in [1.29, 1.82) is 0 Å². The van der Waals surface area contributed by atoms with Gasteiger partial charge in [0.1, 0.15) is 0 Å². The Kier molecular flexibility index (Phi) is 4.95. The molecule has 0 aliphatic heterocycles. The molecule has 0 N–H and O–H groups in total. The topological polar surface area (TPSA) is 38.7 Å². The molecule has 0 aromatic carbocycles. The Bertz CT molecular complexity index is 69.1. The molecule has 0 amide bonds. The van der Waals surface area contributed by atoms with Crippen molar-refractivity contribution < 1.29 is 4.84 Å². The Hall–Kier alpha value is -0.120. The summed E-state index contributed by atoms with van der Waals surface area (Å²) in [5, 5.41) is 2.05. The van der Waals surface area contributed by atoms with E-state index in [1.54, 1.807) is 0 Å². The predicted molar refractivity (Wildman–Crippen MR) is 34.5 cm³/mol. The van der Waals surface area contributed by atoms with Crippen LogP contribution in [0.25, 0.3) is 0 Å². The van der Waals surface area contributed by atoms with E-state index >= 15 is 0 Å². The van der Waals surface area contributed by atoms with E-state index < -0.39 is 0 Å². The largest absolute Gasteiger partial charge is 0.349 e. The van der Waals surface area contributed by atoms with Crippen LogP contribution in [-0.2, 0) is 4.84 Å². The second-order valence-corrected chi connectivity index (χ2v) is 2.40. The fourth-order valence-electron chi connectivity index (χ4n) is 0.326. The third kappa shape index (κ3) is 4.05. The van der Waals surface area contributed by atoms with Gasteiger partial charge in [-0.15, -0.1) is 4.91 Å². The van der Waals surface area contributed by atoms with Gasteiger partial charge in [-0.25, -0.2) is 0 Å². The Morgan fingerprint density at radius 3 is 2.88 bits per heavy atom. The zero-order valence-electron chi connectivity index (χ0n) is 4.63. The monoisotopic (exact) mass is 181 g/mol. The standard InChI is InChI=1S/C4H8BrNO2/c1-2-3-4(5)8-6-7/h4H,2-3H2,1H3. The van der Waals surface area contributed by atoms with Gasteiger partial charge < -0.3 is 4.84 Å². The van der Waals surface area contributed by atoms with E-state index in [4.69, 9.17) is 0 Å². The second kappa shape index (κ2) is 5.03. The SMILES string of the molecule is CCCC(Br)ON=O. The summed E-state index contributed by atoms with van der Waals surface area (Å²) in [6, 6.07) is 0. The highest BCUT2D eigenvalue weighted by Gasteiger charge is 2.00. The Balaban J connectivity index is 3.03. The summed E-state index contributed by atoms with van der Waals surface area (Å²) in [4.78, 5) is 13.7. The van der Waals surface area contributed by atoms with Crippen molar-refractivity contribution in [3.63, 3.8) is 0 Å². The summed E-state index contributed by atoms with van der Waals surface area (Å²) in [7, 11) is 0. The van der Waals surface area contributed by atoms with Gasteiger partial charge in [-0.05, 0) is 22.4 Å². The van der Waals surface area contributed by atoms with Gasteiger partial charge in [-0.1, -0.05) is 13.3 Å². The van der Waals surface area contributed by atoms with Crippen LogP contribution in [0, 0.1) is 4.91 Å². The van der Waals surface area contributed by atoms with Gasteiger partial charge in [-0.3, -0.25) is 0 Å². The van der Waals surface area contributed by atoms with Crippen molar-refractivity contribution in [2.24, 2.45) is 5.34 Å². The lowest BCUT2D eigenvalue weighted by molar-refractivity contribution is 0.115. The molecule has 0 bridgehead atoms. The first kappa shape index (κ1) is 7.88. The zero-order chi connectivity index (χ0) is 6.41. The summed E-state index contributed by atoms with van der Waals surface area (Å²) >= 11 is 3.08. The lowest BCUT2D eigenvalue weighted by atomic mass is 10.4. The molecule has 0 aliphatic carbocycles. The van der Waals surface area contributed by atoms with Gasteiger partial charge in [0.15, 0.2) is 10.4 Å². The highest BCUT2D eigenvalue weighted by molar-refractivity contribution is 9.09. The normalized spacial score (nSPS) is 12.8. The molecule has 0 aliphatic rings. The number of alkyl halides is 1. The molecule has 1 atom stereocenters. The minimum atomic E-state index is -0.204. The van der Waals surface area contributed by atoms with Crippen LogP contribution >= 0.6 is 15.9 Å². The molecule has 0 radical (unpaired) electrons. The van der Waals surface area contributed by atoms with Gasteiger partial charge in [-0.2, -0.15) is 0 Å². The smallest absolute Gasteiger partial charge is 0.184 e. The predicted octanol–water partition coefficient (Wildman–Crippen LogP) is 2.21. The average molecular weight is 182 g/mol. The molecule has 0 rings (SSSR count). The minimum absolute atomic E-state index is 0.204. The van der Waals surface area contributed by atoms with Crippen LogP contribution in [0.5, 0.6) is 0 Å². The van der Waals surface area contributed by atoms with Crippen LogP contribution in [0.4, 0.5) is 0 Å². The van der Waals surface area contributed by atoms with Gasteiger partial charge in [0.25, 0.3) is 0 Å². The number of hydrogen-bond donors (Lipinski definition) is 0. The maximum atomic E-state index is 9.39. The van der Waals surface area contributed by atoms with Gasteiger partial charge in [0, 0.05) is 0 Å². The first-order valence-corrected chi connectivity index (χ1v) is 3.35. The van der Waals surface area contributed by atoms with E-state index in [9.17, 15) is 4.91 Å². The molecule has 0 saturated heterocycles. The minimum Gasteiger partial charge on any atom is -0.349 e. The first-order valence-electron chi connectivity index (χ1n) is 2.43. The molecule has 1 unspecified atom stereocenters. The first-order chi connectivity index (χ1) is 3.81. The average Bonchev–Trinajstić information content (AvgIpc) is 1.68. The summed E-state index contributed by atoms with van der Waals surface area (Å²) in [6.45, 7) is 2.00. The van der Waals surface area contributed by atoms with E-state index in [0.29, 0.717) is 0 Å². The van der Waals surface area contributed by atoms with Crippen molar-refractivity contribution in [2.75, 3.05) is 0 Å². The molecular weight excluding hydrogens is 174 g/mol. The van der Waals surface area contributed by atoms with Crippen molar-refractivity contribution in [3.05, 3.63) is 4.91 Å². The third-order valence-corrected chi connectivity index (χ3v) is 1.30. The van der Waals surface area contributed by atoms with E-state index in [-0.39, 0.29) is 5.01 Å². The van der Waals surface area contributed by atoms with E-state index in [1.165, 1.54) is 0 Å². The van der Waals surface area contributed by atoms with Gasteiger partial charge >= 0.3 is 0 Å². The third-order valence-electron chi connectivity index (χ3n) is 0.673. The fourth-order valence-corrected chi connectivity index (χ4v) is 0.852. The van der Waals surface area contributed by atoms with Crippen molar-refractivity contribution in [2.45, 2.75) is 24.8 Å². The van der Waals surface area contributed by atoms with Crippen molar-refractivity contribution in [1.82, 2.24) is 0 Å². The quantitative estimate of drug-likeness (QED) is 0.379. The molecule has 0 fully saturated rings.